The Morgan fingerprint density at radius 2 is 1.50 bits per heavy atom. The van der Waals surface area contributed by atoms with Crippen LogP contribution in [0, 0.1) is 5.92 Å². The molecule has 1 heterocycles. The summed E-state index contributed by atoms with van der Waals surface area (Å²) in [4.78, 5) is 1.44. The fourth-order valence-electron chi connectivity index (χ4n) is 8.10. The Hall–Kier alpha value is -3.59. The minimum absolute atomic E-state index is 0.240. The van der Waals surface area contributed by atoms with Gasteiger partial charge in [0.1, 0.15) is 0 Å². The number of allylic oxidation sites excluding steroid dienone is 5. The van der Waals surface area contributed by atoms with Crippen LogP contribution in [0.15, 0.2) is 109 Å². The molecule has 0 fully saturated rings. The summed E-state index contributed by atoms with van der Waals surface area (Å²) in [6, 6.07) is 32.7. The van der Waals surface area contributed by atoms with Crippen molar-refractivity contribution in [2.75, 3.05) is 6.61 Å². The number of thioether (sulfide) groups is 1. The second-order valence-electron chi connectivity index (χ2n) is 13.4. The summed E-state index contributed by atoms with van der Waals surface area (Å²) < 4.78 is 0. The summed E-state index contributed by atoms with van der Waals surface area (Å²) >= 11 is 2.08. The van der Waals surface area contributed by atoms with E-state index < -0.39 is 0 Å². The molecule has 1 aliphatic heterocycles. The molecule has 3 atom stereocenters. The van der Waals surface area contributed by atoms with Crippen molar-refractivity contribution in [1.82, 2.24) is 0 Å². The highest BCUT2D eigenvalue weighted by Gasteiger charge is 2.51. The third-order valence-corrected chi connectivity index (χ3v) is 12.1. The van der Waals surface area contributed by atoms with Gasteiger partial charge in [-0.05, 0) is 118 Å². The molecule has 0 amide bonds. The van der Waals surface area contributed by atoms with E-state index in [2.05, 4.69) is 143 Å². The van der Waals surface area contributed by atoms with Crippen LogP contribution < -0.4 is 0 Å². The smallest absolute Gasteiger partial charge is 0.0725 e. The van der Waals surface area contributed by atoms with Crippen LogP contribution in [-0.2, 0) is 5.41 Å². The standard InChI is InChI=1S/C44H46OS/c1-5-12-34-22-25-43(46-34)33-21-24-38-36-15-8-10-17-40(36)44(42(38)28-33)39-16-9-7-14-35(39)37-23-20-32(27-41(37)44)30(4)18-19-31(13-11-26-45)29(3)6-2/h7-10,14-21,23-25,27-29,34,45H,5-6,11-13,22,26H2,1-4H3/b30-18+,31-19-. The first-order valence-corrected chi connectivity index (χ1v) is 18.2. The SMILES string of the molecule is CCCC1CC=C(c2ccc3c(c2)C2(c4ccccc4-3)c3ccccc3-c3ccc(/C(C)=C/C=C(/CCCO)C(C)CC)cc32)S1. The molecule has 2 heteroatoms. The van der Waals surface area contributed by atoms with Crippen LogP contribution in [-0.4, -0.2) is 17.0 Å². The van der Waals surface area contributed by atoms with E-state index >= 15 is 0 Å². The number of fused-ring (bicyclic) bond motifs is 10. The van der Waals surface area contributed by atoms with Crippen molar-refractivity contribution in [3.05, 3.63) is 142 Å². The number of aliphatic hydroxyl groups is 1. The van der Waals surface area contributed by atoms with Gasteiger partial charge in [0.25, 0.3) is 0 Å². The van der Waals surface area contributed by atoms with Gasteiger partial charge in [0, 0.05) is 16.8 Å². The van der Waals surface area contributed by atoms with Gasteiger partial charge < -0.3 is 5.11 Å². The van der Waals surface area contributed by atoms with E-state index in [1.54, 1.807) is 0 Å². The fourth-order valence-corrected chi connectivity index (χ4v) is 9.46. The minimum atomic E-state index is -0.352. The maximum atomic E-state index is 9.49. The highest BCUT2D eigenvalue weighted by Crippen LogP contribution is 2.63. The minimum Gasteiger partial charge on any atom is -0.396 e. The second kappa shape index (κ2) is 12.9. The topological polar surface area (TPSA) is 20.2 Å². The molecular weight excluding hydrogens is 577 g/mol. The lowest BCUT2D eigenvalue weighted by atomic mass is 9.70. The van der Waals surface area contributed by atoms with Gasteiger partial charge in [-0.3, -0.25) is 0 Å². The molecule has 3 unspecified atom stereocenters. The van der Waals surface area contributed by atoms with E-state index in [4.69, 9.17) is 0 Å². The van der Waals surface area contributed by atoms with Crippen molar-refractivity contribution in [2.24, 2.45) is 5.92 Å². The summed E-state index contributed by atoms with van der Waals surface area (Å²) in [5.74, 6) is 0.513. The molecule has 0 saturated carbocycles. The average molecular weight is 623 g/mol. The lowest BCUT2D eigenvalue weighted by Gasteiger charge is -2.31. The van der Waals surface area contributed by atoms with Crippen molar-refractivity contribution >= 4 is 22.2 Å². The maximum absolute atomic E-state index is 9.49. The van der Waals surface area contributed by atoms with Crippen molar-refractivity contribution in [3.63, 3.8) is 0 Å². The van der Waals surface area contributed by atoms with Crippen LogP contribution in [0.1, 0.15) is 99.6 Å². The Bertz CT molecular complexity index is 1860. The van der Waals surface area contributed by atoms with Gasteiger partial charge in [0.05, 0.1) is 5.41 Å². The summed E-state index contributed by atoms with van der Waals surface area (Å²) in [5.41, 5.74) is 16.0. The second-order valence-corrected chi connectivity index (χ2v) is 14.8. The van der Waals surface area contributed by atoms with E-state index in [-0.39, 0.29) is 12.0 Å². The van der Waals surface area contributed by atoms with E-state index in [1.165, 1.54) is 90.9 Å². The lowest BCUT2D eigenvalue weighted by molar-refractivity contribution is 0.287. The highest BCUT2D eigenvalue weighted by atomic mass is 32.2. The molecule has 234 valence electrons. The van der Waals surface area contributed by atoms with E-state index in [0.29, 0.717) is 11.2 Å². The lowest BCUT2D eigenvalue weighted by Crippen LogP contribution is -2.26. The van der Waals surface area contributed by atoms with E-state index in [0.717, 1.165) is 19.3 Å². The molecule has 0 radical (unpaired) electrons. The van der Waals surface area contributed by atoms with Crippen LogP contribution >= 0.6 is 11.8 Å². The Balaban J connectivity index is 1.40. The van der Waals surface area contributed by atoms with Gasteiger partial charge in [-0.1, -0.05) is 124 Å². The molecular formula is C44H46OS. The molecule has 7 rings (SSSR count). The Kier molecular flexibility index (Phi) is 8.70. The zero-order chi connectivity index (χ0) is 31.8. The summed E-state index contributed by atoms with van der Waals surface area (Å²) in [5, 5.41) is 10.2. The third-order valence-electron chi connectivity index (χ3n) is 10.7. The van der Waals surface area contributed by atoms with Gasteiger partial charge in [-0.2, -0.15) is 0 Å². The van der Waals surface area contributed by atoms with Crippen LogP contribution in [0.3, 0.4) is 0 Å². The first-order valence-electron chi connectivity index (χ1n) is 17.4. The zero-order valence-corrected chi connectivity index (χ0v) is 28.6. The molecule has 0 saturated heterocycles. The molecule has 0 bridgehead atoms. The van der Waals surface area contributed by atoms with Gasteiger partial charge in [0.2, 0.25) is 0 Å². The number of benzene rings is 4. The van der Waals surface area contributed by atoms with Gasteiger partial charge >= 0.3 is 0 Å². The first kappa shape index (κ1) is 31.0. The molecule has 2 aliphatic carbocycles. The molecule has 4 aromatic carbocycles. The molecule has 1 nitrogen and oxygen atoms in total. The molecule has 0 aromatic heterocycles. The van der Waals surface area contributed by atoms with E-state index in [9.17, 15) is 5.11 Å². The van der Waals surface area contributed by atoms with Crippen molar-refractivity contribution in [3.8, 4) is 22.3 Å². The van der Waals surface area contributed by atoms with Crippen LogP contribution in [0.2, 0.25) is 0 Å². The predicted molar refractivity (Wildman–Crippen MR) is 199 cm³/mol. The molecule has 4 aromatic rings. The van der Waals surface area contributed by atoms with Crippen molar-refractivity contribution < 1.29 is 5.11 Å². The molecule has 1 spiro atoms. The zero-order valence-electron chi connectivity index (χ0n) is 27.8. The van der Waals surface area contributed by atoms with E-state index in [1.807, 2.05) is 0 Å². The van der Waals surface area contributed by atoms with Crippen molar-refractivity contribution in [1.29, 1.82) is 0 Å². The fraction of sp³-hybridized carbons (Fsp3) is 0.318. The van der Waals surface area contributed by atoms with Gasteiger partial charge in [-0.25, -0.2) is 0 Å². The van der Waals surface area contributed by atoms with Crippen LogP contribution in [0.5, 0.6) is 0 Å². The normalized spacial score (nSPS) is 20.4. The summed E-state index contributed by atoms with van der Waals surface area (Å²) in [7, 11) is 0. The largest absolute Gasteiger partial charge is 0.396 e. The molecule has 3 aliphatic rings. The third kappa shape index (κ3) is 5.06. The Morgan fingerprint density at radius 1 is 0.848 bits per heavy atom. The number of hydrogen-bond acceptors (Lipinski definition) is 2. The van der Waals surface area contributed by atoms with Crippen LogP contribution in [0.25, 0.3) is 32.7 Å². The number of hydrogen-bond donors (Lipinski definition) is 1. The highest BCUT2D eigenvalue weighted by molar-refractivity contribution is 8.09. The first-order chi connectivity index (χ1) is 22.5. The predicted octanol–water partition coefficient (Wildman–Crippen LogP) is 11.8. The average Bonchev–Trinajstić information content (AvgIpc) is 3.77. The van der Waals surface area contributed by atoms with Gasteiger partial charge in [-0.15, -0.1) is 11.8 Å². The summed E-state index contributed by atoms with van der Waals surface area (Å²) in [6.07, 6.45) is 13.7. The monoisotopic (exact) mass is 622 g/mol. The summed E-state index contributed by atoms with van der Waals surface area (Å²) in [6.45, 7) is 9.34. The molecule has 1 N–H and O–H groups in total. The van der Waals surface area contributed by atoms with Crippen molar-refractivity contribution in [2.45, 2.75) is 76.9 Å². The Labute approximate surface area is 280 Å². The Morgan fingerprint density at radius 3 is 2.17 bits per heavy atom. The maximum Gasteiger partial charge on any atom is 0.0725 e. The number of rotatable bonds is 10. The van der Waals surface area contributed by atoms with Crippen LogP contribution in [0.4, 0.5) is 0 Å². The quantitative estimate of drug-likeness (QED) is 0.153. The van der Waals surface area contributed by atoms with Gasteiger partial charge in [0.15, 0.2) is 0 Å². The number of aliphatic hydroxyl groups excluding tert-OH is 1. The molecule has 46 heavy (non-hydrogen) atoms.